The molecule has 0 rings (SSSR count). The Bertz CT molecular complexity index is 1390. The van der Waals surface area contributed by atoms with Crippen LogP contribution in [-0.2, 0) is 28.6 Å². The fraction of sp³-hybridized carbons (Fsp3) is 0.783. The lowest BCUT2D eigenvalue weighted by atomic mass is 10.1. The van der Waals surface area contributed by atoms with E-state index in [1.165, 1.54) is 186 Å². The van der Waals surface area contributed by atoms with Crippen LogP contribution in [0.5, 0.6) is 0 Å². The lowest BCUT2D eigenvalue weighted by molar-refractivity contribution is -0.167. The summed E-state index contributed by atoms with van der Waals surface area (Å²) >= 11 is 0. The maximum absolute atomic E-state index is 12.9. The number of carbonyl (C=O) groups is 3. The van der Waals surface area contributed by atoms with Gasteiger partial charge in [-0.15, -0.1) is 0 Å². The van der Waals surface area contributed by atoms with Gasteiger partial charge >= 0.3 is 17.9 Å². The third kappa shape index (κ3) is 61.6. The molecule has 434 valence electrons. The van der Waals surface area contributed by atoms with Crippen LogP contribution < -0.4 is 0 Å². The van der Waals surface area contributed by atoms with Crippen LogP contribution in [0.15, 0.2) is 72.9 Å². The predicted molar refractivity (Wildman–Crippen MR) is 325 cm³/mol. The first-order chi connectivity index (χ1) is 37.0. The van der Waals surface area contributed by atoms with Gasteiger partial charge in [-0.25, -0.2) is 0 Å². The van der Waals surface area contributed by atoms with E-state index in [2.05, 4.69) is 93.7 Å². The zero-order valence-electron chi connectivity index (χ0n) is 49.8. The molecule has 0 bridgehead atoms. The van der Waals surface area contributed by atoms with E-state index in [0.717, 1.165) is 103 Å². The van der Waals surface area contributed by atoms with Gasteiger partial charge in [0.05, 0.1) is 0 Å². The van der Waals surface area contributed by atoms with Crippen molar-refractivity contribution in [2.24, 2.45) is 0 Å². The average molecular weight is 1050 g/mol. The Kier molecular flexibility index (Phi) is 60.7. The summed E-state index contributed by atoms with van der Waals surface area (Å²) in [5.41, 5.74) is 0. The molecule has 0 amide bonds. The Hall–Kier alpha value is -3.15. The first-order valence-corrected chi connectivity index (χ1v) is 32.4. The molecule has 0 aliphatic heterocycles. The first kappa shape index (κ1) is 71.8. The van der Waals surface area contributed by atoms with Crippen molar-refractivity contribution in [3.8, 4) is 0 Å². The number of unbranched alkanes of at least 4 members (excludes halogenated alkanes) is 36. The summed E-state index contributed by atoms with van der Waals surface area (Å²) in [5, 5.41) is 0. The van der Waals surface area contributed by atoms with Crippen molar-refractivity contribution in [1.29, 1.82) is 0 Å². The number of carbonyl (C=O) groups excluding carboxylic acids is 3. The van der Waals surface area contributed by atoms with Gasteiger partial charge in [0.25, 0.3) is 0 Å². The van der Waals surface area contributed by atoms with Crippen molar-refractivity contribution in [3.63, 3.8) is 0 Å². The van der Waals surface area contributed by atoms with Crippen molar-refractivity contribution in [2.75, 3.05) is 13.2 Å². The Labute approximate surface area is 465 Å². The quantitative estimate of drug-likeness (QED) is 0.0261. The molecule has 0 spiro atoms. The molecule has 0 aromatic rings. The lowest BCUT2D eigenvalue weighted by Gasteiger charge is -2.18. The highest BCUT2D eigenvalue weighted by Gasteiger charge is 2.19. The fourth-order valence-electron chi connectivity index (χ4n) is 9.24. The molecule has 1 unspecified atom stereocenters. The van der Waals surface area contributed by atoms with Crippen molar-refractivity contribution >= 4 is 17.9 Å². The summed E-state index contributed by atoms with van der Waals surface area (Å²) in [4.78, 5) is 38.3. The zero-order chi connectivity index (χ0) is 54.3. The number of allylic oxidation sites excluding steroid dienone is 12. The summed E-state index contributed by atoms with van der Waals surface area (Å²) in [6.45, 7) is 6.62. The van der Waals surface area contributed by atoms with Crippen molar-refractivity contribution in [1.82, 2.24) is 0 Å². The molecule has 6 heteroatoms. The van der Waals surface area contributed by atoms with E-state index < -0.39 is 6.10 Å². The molecular weight excluding hydrogens is 925 g/mol. The van der Waals surface area contributed by atoms with Gasteiger partial charge in [0.1, 0.15) is 13.2 Å². The highest BCUT2D eigenvalue weighted by Crippen LogP contribution is 2.16. The standard InChI is InChI=1S/C69H122O6/c1-4-7-10-13-16-19-22-25-28-31-32-33-34-35-36-37-38-39-42-44-47-50-53-56-59-62-68(71)74-65-66(75-69(72)63-60-57-54-51-48-45-41-30-27-24-21-18-15-12-9-6-3)64-73-67(70)61-58-55-52-49-46-43-40-29-26-23-20-17-14-11-8-5-2/h21-22,24-25,29-32,34-35,40-41,66H,4-20,23,26-28,33,36-39,42-65H2,1-3H3/b24-21-,25-22-,32-31-,35-34-,40-29-,41-30-. The topological polar surface area (TPSA) is 78.9 Å². The van der Waals surface area contributed by atoms with Crippen LogP contribution >= 0.6 is 0 Å². The van der Waals surface area contributed by atoms with Crippen LogP contribution in [0, 0.1) is 0 Å². The molecule has 0 saturated heterocycles. The van der Waals surface area contributed by atoms with Gasteiger partial charge in [-0.05, 0) is 116 Å². The number of hydrogen-bond donors (Lipinski definition) is 0. The molecule has 0 heterocycles. The summed E-state index contributed by atoms with van der Waals surface area (Å²) in [6.07, 6.45) is 81.9. The van der Waals surface area contributed by atoms with Crippen LogP contribution in [0.3, 0.4) is 0 Å². The molecule has 1 atom stereocenters. The van der Waals surface area contributed by atoms with Crippen molar-refractivity contribution in [2.45, 2.75) is 335 Å². The van der Waals surface area contributed by atoms with Gasteiger partial charge in [-0.3, -0.25) is 14.4 Å². The van der Waals surface area contributed by atoms with Crippen LogP contribution in [-0.4, -0.2) is 37.2 Å². The van der Waals surface area contributed by atoms with E-state index in [9.17, 15) is 14.4 Å². The van der Waals surface area contributed by atoms with E-state index in [4.69, 9.17) is 14.2 Å². The number of rotatable bonds is 59. The maximum atomic E-state index is 12.9. The van der Waals surface area contributed by atoms with Crippen LogP contribution in [0.25, 0.3) is 0 Å². The van der Waals surface area contributed by atoms with Gasteiger partial charge in [0, 0.05) is 19.3 Å². The Morgan fingerprint density at radius 3 is 0.773 bits per heavy atom. The Balaban J connectivity index is 4.35. The van der Waals surface area contributed by atoms with Gasteiger partial charge in [0.15, 0.2) is 6.10 Å². The molecule has 0 N–H and O–H groups in total. The second-order valence-corrected chi connectivity index (χ2v) is 21.7. The minimum Gasteiger partial charge on any atom is -0.462 e. The summed E-state index contributed by atoms with van der Waals surface area (Å²) in [7, 11) is 0. The normalized spacial score (nSPS) is 12.5. The molecule has 0 aromatic heterocycles. The minimum atomic E-state index is -0.789. The largest absolute Gasteiger partial charge is 0.462 e. The van der Waals surface area contributed by atoms with Crippen molar-refractivity contribution < 1.29 is 28.6 Å². The lowest BCUT2D eigenvalue weighted by Crippen LogP contribution is -2.30. The molecule has 0 saturated carbocycles. The van der Waals surface area contributed by atoms with Gasteiger partial charge in [-0.1, -0.05) is 267 Å². The first-order valence-electron chi connectivity index (χ1n) is 32.4. The Morgan fingerprint density at radius 1 is 0.267 bits per heavy atom. The summed E-state index contributed by atoms with van der Waals surface area (Å²) in [5.74, 6) is -0.897. The fourth-order valence-corrected chi connectivity index (χ4v) is 9.24. The summed E-state index contributed by atoms with van der Waals surface area (Å²) in [6, 6.07) is 0. The van der Waals surface area contributed by atoms with E-state index in [1.54, 1.807) is 0 Å². The van der Waals surface area contributed by atoms with Gasteiger partial charge < -0.3 is 14.2 Å². The van der Waals surface area contributed by atoms with E-state index in [0.29, 0.717) is 19.3 Å². The molecule has 6 nitrogen and oxygen atoms in total. The number of hydrogen-bond acceptors (Lipinski definition) is 6. The highest BCUT2D eigenvalue weighted by atomic mass is 16.6. The number of esters is 3. The molecule has 0 aromatic carbocycles. The maximum Gasteiger partial charge on any atom is 0.306 e. The molecule has 0 fully saturated rings. The monoisotopic (exact) mass is 1050 g/mol. The van der Waals surface area contributed by atoms with Crippen LogP contribution in [0.1, 0.15) is 329 Å². The van der Waals surface area contributed by atoms with E-state index in [-0.39, 0.29) is 31.1 Å². The molecular formula is C69H122O6. The van der Waals surface area contributed by atoms with Crippen LogP contribution in [0.4, 0.5) is 0 Å². The smallest absolute Gasteiger partial charge is 0.306 e. The highest BCUT2D eigenvalue weighted by molar-refractivity contribution is 5.71. The van der Waals surface area contributed by atoms with Gasteiger partial charge in [-0.2, -0.15) is 0 Å². The SMILES string of the molecule is CCCCCC/C=C\C/C=C\CCCCCCCC(=O)OC(COC(=O)CCCCCCC/C=C\CCCCCCCCC)COC(=O)CCCCCCCCCCCC/C=C\C/C=C\C/C=C\CCCCCCC. The molecule has 0 aliphatic carbocycles. The second-order valence-electron chi connectivity index (χ2n) is 21.7. The molecule has 75 heavy (non-hydrogen) atoms. The molecule has 0 radical (unpaired) electrons. The van der Waals surface area contributed by atoms with Gasteiger partial charge in [0.2, 0.25) is 0 Å². The number of ether oxygens (including phenoxy) is 3. The Morgan fingerprint density at radius 2 is 0.480 bits per heavy atom. The third-order valence-corrected chi connectivity index (χ3v) is 14.2. The zero-order valence-corrected chi connectivity index (χ0v) is 49.8. The summed E-state index contributed by atoms with van der Waals surface area (Å²) < 4.78 is 16.9. The van der Waals surface area contributed by atoms with E-state index >= 15 is 0 Å². The minimum absolute atomic E-state index is 0.0846. The van der Waals surface area contributed by atoms with Crippen LogP contribution in [0.2, 0.25) is 0 Å². The predicted octanol–water partition coefficient (Wildman–Crippen LogP) is 22.1. The molecule has 0 aliphatic rings. The van der Waals surface area contributed by atoms with Crippen molar-refractivity contribution in [3.05, 3.63) is 72.9 Å². The second kappa shape index (κ2) is 63.4. The average Bonchev–Trinajstić information content (AvgIpc) is 3.41. The third-order valence-electron chi connectivity index (χ3n) is 14.2. The van der Waals surface area contributed by atoms with E-state index in [1.807, 2.05) is 0 Å².